The number of fused-ring (bicyclic) bond motifs is 1. The highest BCUT2D eigenvalue weighted by atomic mass is 16.5. The molecular formula is C14H16N2O5. The number of amides is 2. The third-order valence-electron chi connectivity index (χ3n) is 3.07. The summed E-state index contributed by atoms with van der Waals surface area (Å²) < 4.78 is 5.35. The summed E-state index contributed by atoms with van der Waals surface area (Å²) in [5.74, 6) is -0.983. The van der Waals surface area contributed by atoms with Gasteiger partial charge >= 0.3 is 5.97 Å². The minimum absolute atomic E-state index is 0.0305. The molecule has 0 aliphatic carbocycles. The van der Waals surface area contributed by atoms with Gasteiger partial charge in [-0.1, -0.05) is 0 Å². The fourth-order valence-electron chi connectivity index (χ4n) is 2.07. The van der Waals surface area contributed by atoms with Gasteiger partial charge in [-0.05, 0) is 19.1 Å². The summed E-state index contributed by atoms with van der Waals surface area (Å²) in [7, 11) is 0. The zero-order chi connectivity index (χ0) is 15.4. The molecule has 1 aliphatic heterocycles. The number of carbonyl (C=O) groups excluding carboxylic acids is 2. The second-order valence-electron chi connectivity index (χ2n) is 4.55. The van der Waals surface area contributed by atoms with Crippen LogP contribution in [-0.2, 0) is 14.4 Å². The average molecular weight is 292 g/mol. The van der Waals surface area contributed by atoms with Crippen LogP contribution in [0.3, 0.4) is 0 Å². The lowest BCUT2D eigenvalue weighted by Crippen LogP contribution is -2.38. The number of anilines is 2. The van der Waals surface area contributed by atoms with Crippen molar-refractivity contribution in [2.45, 2.75) is 19.8 Å². The molecule has 112 valence electrons. The molecule has 2 N–H and O–H groups in total. The van der Waals surface area contributed by atoms with Crippen molar-refractivity contribution in [3.05, 3.63) is 18.2 Å². The molecule has 7 nitrogen and oxygen atoms in total. The topological polar surface area (TPSA) is 95.9 Å². The van der Waals surface area contributed by atoms with E-state index in [1.807, 2.05) is 6.92 Å². The van der Waals surface area contributed by atoms with Gasteiger partial charge in [-0.2, -0.15) is 0 Å². The smallest absolute Gasteiger partial charge is 0.303 e. The van der Waals surface area contributed by atoms with Gasteiger partial charge in [-0.15, -0.1) is 0 Å². The van der Waals surface area contributed by atoms with Gasteiger partial charge in [0, 0.05) is 24.7 Å². The summed E-state index contributed by atoms with van der Waals surface area (Å²) in [5, 5.41) is 11.1. The maximum absolute atomic E-state index is 11.7. The summed E-state index contributed by atoms with van der Waals surface area (Å²) in [6, 6.07) is 4.98. The van der Waals surface area contributed by atoms with Gasteiger partial charge in [0.05, 0.1) is 12.1 Å². The molecule has 1 aromatic rings. The summed E-state index contributed by atoms with van der Waals surface area (Å²) in [6.45, 7) is 2.38. The highest BCUT2D eigenvalue weighted by Gasteiger charge is 2.24. The van der Waals surface area contributed by atoms with Crippen molar-refractivity contribution < 1.29 is 24.2 Å². The number of carboxylic acid groups (broad SMARTS) is 1. The lowest BCUT2D eigenvalue weighted by Gasteiger charge is -2.28. The fraction of sp³-hybridized carbons (Fsp3) is 0.357. The number of benzene rings is 1. The molecule has 0 saturated heterocycles. The maximum atomic E-state index is 11.7. The van der Waals surface area contributed by atoms with Crippen LogP contribution in [0.25, 0.3) is 0 Å². The number of nitrogens with one attached hydrogen (secondary N) is 1. The quantitative estimate of drug-likeness (QED) is 0.851. The number of nitrogens with zero attached hydrogens (tertiary/aromatic N) is 1. The molecule has 0 saturated carbocycles. The van der Waals surface area contributed by atoms with Crippen LogP contribution in [0.2, 0.25) is 0 Å². The Hall–Kier alpha value is -2.57. The number of aliphatic carboxylic acids is 1. The predicted octanol–water partition coefficient (Wildman–Crippen LogP) is 1.24. The van der Waals surface area contributed by atoms with Crippen LogP contribution < -0.4 is 15.0 Å². The molecule has 1 aromatic carbocycles. The highest BCUT2D eigenvalue weighted by molar-refractivity contribution is 5.99. The summed E-state index contributed by atoms with van der Waals surface area (Å²) in [4.78, 5) is 35.3. The molecule has 0 bridgehead atoms. The van der Waals surface area contributed by atoms with Crippen molar-refractivity contribution >= 4 is 29.2 Å². The van der Waals surface area contributed by atoms with E-state index in [4.69, 9.17) is 9.84 Å². The lowest BCUT2D eigenvalue weighted by molar-refractivity contribution is -0.138. The highest BCUT2D eigenvalue weighted by Crippen LogP contribution is 2.34. The van der Waals surface area contributed by atoms with Crippen molar-refractivity contribution in [1.82, 2.24) is 0 Å². The first-order chi connectivity index (χ1) is 10.0. The number of carboxylic acids is 1. The Morgan fingerprint density at radius 3 is 2.81 bits per heavy atom. The number of carbonyl (C=O) groups is 3. The van der Waals surface area contributed by atoms with Gasteiger partial charge in [-0.25, -0.2) is 0 Å². The van der Waals surface area contributed by atoms with E-state index in [0.29, 0.717) is 23.7 Å². The molecule has 2 amide bonds. The van der Waals surface area contributed by atoms with E-state index >= 15 is 0 Å². The summed E-state index contributed by atoms with van der Waals surface area (Å²) >= 11 is 0. The second-order valence-corrected chi connectivity index (χ2v) is 4.55. The number of hydrogen-bond donors (Lipinski definition) is 2. The molecule has 1 aliphatic rings. The number of rotatable bonds is 5. The zero-order valence-electron chi connectivity index (χ0n) is 11.6. The van der Waals surface area contributed by atoms with Crippen molar-refractivity contribution in [1.29, 1.82) is 0 Å². The molecule has 0 fully saturated rings. The van der Waals surface area contributed by atoms with Crippen LogP contribution >= 0.6 is 0 Å². The monoisotopic (exact) mass is 292 g/mol. The standard InChI is InChI=1S/C14H16N2O5/c1-2-16-10-4-3-9(7-11(10)21-8-13(16)18)15-12(17)5-6-14(19)20/h3-4,7H,2,5-6,8H2,1H3,(H,15,17)(H,19,20). The van der Waals surface area contributed by atoms with E-state index in [0.717, 1.165) is 0 Å². The number of ether oxygens (including phenoxy) is 1. The third-order valence-corrected chi connectivity index (χ3v) is 3.07. The molecule has 0 aromatic heterocycles. The number of hydrogen-bond acceptors (Lipinski definition) is 4. The van der Waals surface area contributed by atoms with E-state index in [1.54, 1.807) is 23.1 Å². The Morgan fingerprint density at radius 2 is 2.14 bits per heavy atom. The van der Waals surface area contributed by atoms with Crippen LogP contribution in [0.1, 0.15) is 19.8 Å². The Labute approximate surface area is 121 Å². The van der Waals surface area contributed by atoms with Gasteiger partial charge in [0.1, 0.15) is 5.75 Å². The molecule has 0 unspecified atom stereocenters. The fourth-order valence-corrected chi connectivity index (χ4v) is 2.07. The molecule has 7 heteroatoms. The number of likely N-dealkylation sites (N-methyl/N-ethyl adjacent to an activating group) is 1. The maximum Gasteiger partial charge on any atom is 0.303 e. The van der Waals surface area contributed by atoms with E-state index < -0.39 is 5.97 Å². The molecule has 1 heterocycles. The second kappa shape index (κ2) is 6.25. The first-order valence-corrected chi connectivity index (χ1v) is 6.60. The van der Waals surface area contributed by atoms with Crippen molar-refractivity contribution in [3.8, 4) is 5.75 Å². The Kier molecular flexibility index (Phi) is 4.42. The van der Waals surface area contributed by atoms with Gasteiger partial charge < -0.3 is 20.1 Å². The Morgan fingerprint density at radius 1 is 1.38 bits per heavy atom. The minimum atomic E-state index is -1.02. The van der Waals surface area contributed by atoms with Crippen LogP contribution in [0.15, 0.2) is 18.2 Å². The normalized spacial score (nSPS) is 13.4. The SMILES string of the molecule is CCN1C(=O)COc2cc(NC(=O)CCC(=O)O)ccc21. The Bertz CT molecular complexity index is 585. The van der Waals surface area contributed by atoms with E-state index in [-0.39, 0.29) is 31.3 Å². The van der Waals surface area contributed by atoms with Crippen molar-refractivity contribution in [2.24, 2.45) is 0 Å². The first kappa shape index (κ1) is 14.8. The van der Waals surface area contributed by atoms with Crippen LogP contribution in [0.4, 0.5) is 11.4 Å². The molecule has 21 heavy (non-hydrogen) atoms. The van der Waals surface area contributed by atoms with E-state index in [1.165, 1.54) is 0 Å². The summed E-state index contributed by atoms with van der Waals surface area (Å²) in [5.41, 5.74) is 1.17. The third kappa shape index (κ3) is 3.50. The molecule has 0 spiro atoms. The van der Waals surface area contributed by atoms with Crippen LogP contribution in [0.5, 0.6) is 5.75 Å². The largest absolute Gasteiger partial charge is 0.481 e. The van der Waals surface area contributed by atoms with E-state index in [9.17, 15) is 14.4 Å². The van der Waals surface area contributed by atoms with Crippen molar-refractivity contribution in [2.75, 3.05) is 23.4 Å². The van der Waals surface area contributed by atoms with Crippen molar-refractivity contribution in [3.63, 3.8) is 0 Å². The summed E-state index contributed by atoms with van der Waals surface area (Å²) in [6.07, 6.45) is -0.307. The van der Waals surface area contributed by atoms with Crippen LogP contribution in [-0.4, -0.2) is 36.0 Å². The molecule has 2 rings (SSSR count). The van der Waals surface area contributed by atoms with Gasteiger partial charge in [0.2, 0.25) is 5.91 Å². The molecule has 0 radical (unpaired) electrons. The van der Waals surface area contributed by atoms with Gasteiger partial charge in [-0.3, -0.25) is 14.4 Å². The zero-order valence-corrected chi connectivity index (χ0v) is 11.6. The average Bonchev–Trinajstić information content (AvgIpc) is 2.45. The Balaban J connectivity index is 2.09. The van der Waals surface area contributed by atoms with Crippen LogP contribution in [0, 0.1) is 0 Å². The molecule has 0 atom stereocenters. The lowest BCUT2D eigenvalue weighted by atomic mass is 10.2. The van der Waals surface area contributed by atoms with Gasteiger partial charge in [0.15, 0.2) is 6.61 Å². The minimum Gasteiger partial charge on any atom is -0.481 e. The first-order valence-electron chi connectivity index (χ1n) is 6.60. The van der Waals surface area contributed by atoms with E-state index in [2.05, 4.69) is 5.32 Å². The predicted molar refractivity (Wildman–Crippen MR) is 75.5 cm³/mol. The van der Waals surface area contributed by atoms with Gasteiger partial charge in [0.25, 0.3) is 5.91 Å². The molecular weight excluding hydrogens is 276 g/mol.